The maximum absolute atomic E-state index is 12.7. The Morgan fingerprint density at radius 3 is 2.63 bits per heavy atom. The fourth-order valence-electron chi connectivity index (χ4n) is 5.20. The number of H-pyrrole nitrogens is 1. The topological polar surface area (TPSA) is 69.3 Å². The summed E-state index contributed by atoms with van der Waals surface area (Å²) in [6, 6.07) is 0.662. The number of hydrogen-bond donors (Lipinski definition) is 1. The van der Waals surface area contributed by atoms with Gasteiger partial charge in [0.2, 0.25) is 5.91 Å². The predicted molar refractivity (Wildman–Crippen MR) is 103 cm³/mol. The SMILES string of the molecule is O=C(C1CC1)N1CC[C@H](c2nc3c(c(=O)[nH]2)CCN(C2CCCCC2)C3)C1. The molecular weight excluding hydrogens is 340 g/mol. The van der Waals surface area contributed by atoms with Crippen LogP contribution in [0.15, 0.2) is 4.79 Å². The van der Waals surface area contributed by atoms with Crippen molar-refractivity contribution in [3.63, 3.8) is 0 Å². The third-order valence-electron chi connectivity index (χ3n) is 7.03. The molecule has 3 heterocycles. The van der Waals surface area contributed by atoms with Gasteiger partial charge in [0.1, 0.15) is 5.82 Å². The van der Waals surface area contributed by atoms with Gasteiger partial charge in [-0.2, -0.15) is 0 Å². The number of nitrogens with zero attached hydrogens (tertiary/aromatic N) is 3. The minimum absolute atomic E-state index is 0.0465. The second kappa shape index (κ2) is 7.04. The van der Waals surface area contributed by atoms with E-state index in [1.54, 1.807) is 0 Å². The highest BCUT2D eigenvalue weighted by atomic mass is 16.2. The molecule has 6 nitrogen and oxygen atoms in total. The number of nitrogens with one attached hydrogen (secondary N) is 1. The lowest BCUT2D eigenvalue weighted by molar-refractivity contribution is -0.131. The van der Waals surface area contributed by atoms with Gasteiger partial charge in [0.05, 0.1) is 5.69 Å². The normalized spacial score (nSPS) is 27.0. The van der Waals surface area contributed by atoms with E-state index in [0.29, 0.717) is 18.5 Å². The zero-order valence-corrected chi connectivity index (χ0v) is 16.1. The van der Waals surface area contributed by atoms with Crippen molar-refractivity contribution in [2.75, 3.05) is 19.6 Å². The molecule has 0 radical (unpaired) electrons. The third-order valence-corrected chi connectivity index (χ3v) is 7.03. The highest BCUT2D eigenvalue weighted by Gasteiger charge is 2.38. The first-order valence-corrected chi connectivity index (χ1v) is 10.8. The van der Waals surface area contributed by atoms with E-state index in [4.69, 9.17) is 4.98 Å². The van der Waals surface area contributed by atoms with E-state index < -0.39 is 0 Å². The summed E-state index contributed by atoms with van der Waals surface area (Å²) in [6.07, 6.45) is 10.4. The number of hydrogen-bond acceptors (Lipinski definition) is 4. The molecular formula is C21H30N4O2. The number of aromatic amines is 1. The maximum Gasteiger partial charge on any atom is 0.254 e. The minimum Gasteiger partial charge on any atom is -0.342 e. The molecule has 146 valence electrons. The molecule has 0 spiro atoms. The van der Waals surface area contributed by atoms with E-state index >= 15 is 0 Å². The van der Waals surface area contributed by atoms with E-state index in [1.807, 2.05) is 4.90 Å². The Morgan fingerprint density at radius 2 is 1.85 bits per heavy atom. The average molecular weight is 370 g/mol. The summed E-state index contributed by atoms with van der Waals surface area (Å²) in [5, 5.41) is 0. The van der Waals surface area contributed by atoms with Crippen LogP contribution < -0.4 is 5.56 Å². The quantitative estimate of drug-likeness (QED) is 0.885. The summed E-state index contributed by atoms with van der Waals surface area (Å²) < 4.78 is 0. The number of amides is 1. The number of carbonyl (C=O) groups is 1. The zero-order valence-electron chi connectivity index (χ0n) is 16.1. The third kappa shape index (κ3) is 3.44. The van der Waals surface area contributed by atoms with Gasteiger partial charge in [-0.15, -0.1) is 0 Å². The number of fused-ring (bicyclic) bond motifs is 1. The van der Waals surface area contributed by atoms with Crippen molar-refractivity contribution in [1.82, 2.24) is 19.8 Å². The second-order valence-electron chi connectivity index (χ2n) is 8.93. The van der Waals surface area contributed by atoms with Gasteiger partial charge >= 0.3 is 0 Å². The lowest BCUT2D eigenvalue weighted by atomic mass is 9.92. The molecule has 1 aromatic rings. The highest BCUT2D eigenvalue weighted by Crippen LogP contribution is 2.34. The van der Waals surface area contributed by atoms with Gasteiger partial charge in [0, 0.05) is 49.6 Å². The minimum atomic E-state index is 0.0465. The van der Waals surface area contributed by atoms with Gasteiger partial charge in [0.15, 0.2) is 0 Å². The number of aromatic nitrogens is 2. The lowest BCUT2D eigenvalue weighted by Gasteiger charge is -2.37. The first-order chi connectivity index (χ1) is 13.2. The number of likely N-dealkylation sites (tertiary alicyclic amines) is 1. The molecule has 27 heavy (non-hydrogen) atoms. The van der Waals surface area contributed by atoms with Gasteiger partial charge in [-0.05, 0) is 38.5 Å². The zero-order chi connectivity index (χ0) is 18.4. The molecule has 1 amide bonds. The fraction of sp³-hybridized carbons (Fsp3) is 0.762. The van der Waals surface area contributed by atoms with Crippen molar-refractivity contribution >= 4 is 5.91 Å². The van der Waals surface area contributed by atoms with E-state index in [2.05, 4.69) is 9.88 Å². The second-order valence-corrected chi connectivity index (χ2v) is 8.93. The monoisotopic (exact) mass is 370 g/mol. The van der Waals surface area contributed by atoms with E-state index in [1.165, 1.54) is 32.1 Å². The molecule has 0 aromatic carbocycles. The summed E-state index contributed by atoms with van der Waals surface area (Å²) in [6.45, 7) is 3.31. The van der Waals surface area contributed by atoms with E-state index in [-0.39, 0.29) is 17.4 Å². The molecule has 4 aliphatic rings. The van der Waals surface area contributed by atoms with Crippen LogP contribution in [0.25, 0.3) is 0 Å². The standard InChI is InChI=1S/C21H30N4O2/c26-20-17-9-11-24(16-4-2-1-3-5-16)13-18(17)22-19(23-20)15-8-10-25(12-15)21(27)14-6-7-14/h14-16H,1-13H2,(H,22,23,26)/t15-/m0/s1. The van der Waals surface area contributed by atoms with Crippen LogP contribution in [0.2, 0.25) is 0 Å². The van der Waals surface area contributed by atoms with Crippen molar-refractivity contribution in [1.29, 1.82) is 0 Å². The first-order valence-electron chi connectivity index (χ1n) is 10.8. The van der Waals surface area contributed by atoms with Crippen LogP contribution in [0.1, 0.15) is 74.4 Å². The lowest BCUT2D eigenvalue weighted by Crippen LogP contribution is -2.42. The van der Waals surface area contributed by atoms with Crippen LogP contribution in [0, 0.1) is 5.92 Å². The molecule has 3 fully saturated rings. The Labute approximate surface area is 160 Å². The molecule has 1 N–H and O–H groups in total. The first kappa shape index (κ1) is 17.4. The summed E-state index contributed by atoms with van der Waals surface area (Å²) in [4.78, 5) is 37.5. The van der Waals surface area contributed by atoms with Crippen molar-refractivity contribution < 1.29 is 4.79 Å². The van der Waals surface area contributed by atoms with Crippen molar-refractivity contribution in [2.24, 2.45) is 5.92 Å². The Kier molecular flexibility index (Phi) is 4.54. The van der Waals surface area contributed by atoms with Crippen LogP contribution in [0.5, 0.6) is 0 Å². The molecule has 5 rings (SSSR count). The van der Waals surface area contributed by atoms with Crippen molar-refractivity contribution in [3.8, 4) is 0 Å². The average Bonchev–Trinajstić information content (AvgIpc) is 3.44. The van der Waals surface area contributed by atoms with Gasteiger partial charge in [-0.3, -0.25) is 14.5 Å². The molecule has 1 aromatic heterocycles. The summed E-state index contributed by atoms with van der Waals surface area (Å²) >= 11 is 0. The molecule has 2 saturated carbocycles. The van der Waals surface area contributed by atoms with E-state index in [9.17, 15) is 9.59 Å². The summed E-state index contributed by atoms with van der Waals surface area (Å²) in [5.74, 6) is 1.55. The Hall–Kier alpha value is -1.69. The highest BCUT2D eigenvalue weighted by molar-refractivity contribution is 5.81. The molecule has 2 aliphatic carbocycles. The van der Waals surface area contributed by atoms with Crippen LogP contribution in [0.4, 0.5) is 0 Å². The van der Waals surface area contributed by atoms with Crippen LogP contribution in [-0.4, -0.2) is 51.4 Å². The molecule has 1 saturated heterocycles. The fourth-order valence-corrected chi connectivity index (χ4v) is 5.20. The smallest absolute Gasteiger partial charge is 0.254 e. The Bertz CT molecular complexity index is 779. The van der Waals surface area contributed by atoms with Crippen molar-refractivity contribution in [2.45, 2.75) is 76.3 Å². The Morgan fingerprint density at radius 1 is 1.04 bits per heavy atom. The molecule has 0 unspecified atom stereocenters. The van der Waals surface area contributed by atoms with Crippen LogP contribution in [-0.2, 0) is 17.8 Å². The number of carbonyl (C=O) groups excluding carboxylic acids is 1. The van der Waals surface area contributed by atoms with E-state index in [0.717, 1.165) is 62.4 Å². The maximum atomic E-state index is 12.7. The van der Waals surface area contributed by atoms with Crippen LogP contribution in [0.3, 0.4) is 0 Å². The largest absolute Gasteiger partial charge is 0.342 e. The number of rotatable bonds is 3. The summed E-state index contributed by atoms with van der Waals surface area (Å²) in [7, 11) is 0. The van der Waals surface area contributed by atoms with Crippen LogP contribution >= 0.6 is 0 Å². The van der Waals surface area contributed by atoms with Crippen molar-refractivity contribution in [3.05, 3.63) is 27.4 Å². The van der Waals surface area contributed by atoms with Gasteiger partial charge < -0.3 is 9.88 Å². The molecule has 6 heteroatoms. The summed E-state index contributed by atoms with van der Waals surface area (Å²) in [5.41, 5.74) is 1.91. The molecule has 2 aliphatic heterocycles. The van der Waals surface area contributed by atoms with Gasteiger partial charge in [0.25, 0.3) is 5.56 Å². The van der Waals surface area contributed by atoms with Gasteiger partial charge in [-0.1, -0.05) is 19.3 Å². The molecule has 0 bridgehead atoms. The Balaban J connectivity index is 1.33. The van der Waals surface area contributed by atoms with Gasteiger partial charge in [-0.25, -0.2) is 4.98 Å². The molecule has 1 atom stereocenters. The predicted octanol–water partition coefficient (Wildman–Crippen LogP) is 2.19.